The molecule has 3 fully saturated rings. The molecule has 0 radical (unpaired) electrons. The first kappa shape index (κ1) is 27.8. The fourth-order valence-corrected chi connectivity index (χ4v) is 8.17. The molecule has 0 aromatic carbocycles. The number of hydrogen-bond donors (Lipinski definition) is 1. The first-order valence-electron chi connectivity index (χ1n) is 12.9. The van der Waals surface area contributed by atoms with Gasteiger partial charge in [0, 0.05) is 30.5 Å². The number of allylic oxidation sites excluding steroid dienone is 1. The number of ether oxygens (including phenoxy) is 1. The van der Waals surface area contributed by atoms with Crippen LogP contribution in [0.25, 0.3) is 0 Å². The zero-order valence-corrected chi connectivity index (χ0v) is 22.4. The van der Waals surface area contributed by atoms with Crippen molar-refractivity contribution in [1.82, 2.24) is 9.80 Å². The first-order valence-corrected chi connectivity index (χ1v) is 13.8. The molecular formula is C27H42N2O5S. The maximum Gasteiger partial charge on any atom is 0.310 e. The quantitative estimate of drug-likeness (QED) is 0.234. The zero-order chi connectivity index (χ0) is 25.8. The Labute approximate surface area is 214 Å². The largest absolute Gasteiger partial charge is 0.465 e. The summed E-state index contributed by atoms with van der Waals surface area (Å²) in [6, 6.07) is -0.627. The minimum absolute atomic E-state index is 0.00186. The van der Waals surface area contributed by atoms with E-state index in [9.17, 15) is 19.5 Å². The normalized spacial score (nSPS) is 29.3. The topological polar surface area (TPSA) is 87.2 Å². The van der Waals surface area contributed by atoms with Crippen LogP contribution in [0.5, 0.6) is 0 Å². The SMILES string of the molecule is C=CCCCCOC(=O)[C@@H]1[C@@H]2CCC3(S2)C(C(=O)N(CC=C)C(C)(C)C)N(CCCCO)C(=O)[C@H]13. The summed E-state index contributed by atoms with van der Waals surface area (Å²) in [5.74, 6) is -1.55. The summed E-state index contributed by atoms with van der Waals surface area (Å²) in [4.78, 5) is 44.8. The minimum Gasteiger partial charge on any atom is -0.465 e. The molecule has 0 aromatic heterocycles. The van der Waals surface area contributed by atoms with Gasteiger partial charge in [-0.2, -0.15) is 0 Å². The zero-order valence-electron chi connectivity index (χ0n) is 21.5. The average Bonchev–Trinajstić information content (AvgIpc) is 3.44. The molecule has 3 heterocycles. The molecule has 2 unspecified atom stereocenters. The Kier molecular flexibility index (Phi) is 9.13. The van der Waals surface area contributed by atoms with E-state index in [0.29, 0.717) is 32.5 Å². The van der Waals surface area contributed by atoms with Crippen LogP contribution in [-0.2, 0) is 19.1 Å². The van der Waals surface area contributed by atoms with Gasteiger partial charge in [-0.3, -0.25) is 14.4 Å². The van der Waals surface area contributed by atoms with Gasteiger partial charge in [-0.25, -0.2) is 0 Å². The lowest BCUT2D eigenvalue weighted by molar-refractivity contribution is -0.154. The van der Waals surface area contributed by atoms with Gasteiger partial charge < -0.3 is 19.6 Å². The van der Waals surface area contributed by atoms with Gasteiger partial charge in [0.15, 0.2) is 0 Å². The Bertz CT molecular complexity index is 825. The van der Waals surface area contributed by atoms with E-state index >= 15 is 0 Å². The van der Waals surface area contributed by atoms with Gasteiger partial charge in [0.25, 0.3) is 0 Å². The van der Waals surface area contributed by atoms with E-state index in [2.05, 4.69) is 13.2 Å². The molecule has 1 spiro atoms. The number of carbonyl (C=O) groups excluding carboxylic acids is 3. The van der Waals surface area contributed by atoms with Crippen LogP contribution in [0.4, 0.5) is 0 Å². The van der Waals surface area contributed by atoms with Gasteiger partial charge in [0.05, 0.1) is 23.2 Å². The number of rotatable bonds is 13. The van der Waals surface area contributed by atoms with Gasteiger partial charge >= 0.3 is 5.97 Å². The highest BCUT2D eigenvalue weighted by atomic mass is 32.2. The van der Waals surface area contributed by atoms with Gasteiger partial charge in [0.1, 0.15) is 6.04 Å². The first-order chi connectivity index (χ1) is 16.6. The molecular weight excluding hydrogens is 464 g/mol. The number of carbonyl (C=O) groups is 3. The Hall–Kier alpha value is -1.80. The molecule has 196 valence electrons. The number of esters is 1. The molecule has 5 atom stereocenters. The Morgan fingerprint density at radius 2 is 1.97 bits per heavy atom. The third kappa shape index (κ3) is 5.33. The van der Waals surface area contributed by atoms with Crippen LogP contribution in [0.1, 0.15) is 65.7 Å². The molecule has 3 saturated heterocycles. The number of hydrogen-bond acceptors (Lipinski definition) is 6. The van der Waals surface area contributed by atoms with Crippen molar-refractivity contribution in [1.29, 1.82) is 0 Å². The Morgan fingerprint density at radius 1 is 1.23 bits per heavy atom. The highest BCUT2D eigenvalue weighted by molar-refractivity contribution is 8.02. The van der Waals surface area contributed by atoms with Crippen molar-refractivity contribution in [2.24, 2.45) is 11.8 Å². The molecule has 2 amide bonds. The highest BCUT2D eigenvalue weighted by Gasteiger charge is 2.74. The summed E-state index contributed by atoms with van der Waals surface area (Å²) < 4.78 is 5.03. The summed E-state index contributed by atoms with van der Waals surface area (Å²) in [5, 5.41) is 9.30. The molecule has 0 aromatic rings. The second-order valence-electron chi connectivity index (χ2n) is 10.9. The third-order valence-corrected chi connectivity index (χ3v) is 9.50. The maximum absolute atomic E-state index is 14.1. The summed E-state index contributed by atoms with van der Waals surface area (Å²) in [6.45, 7) is 14.7. The second-order valence-corrected chi connectivity index (χ2v) is 12.5. The van der Waals surface area contributed by atoms with Crippen LogP contribution in [-0.4, -0.2) is 80.6 Å². The molecule has 0 saturated carbocycles. The second kappa shape index (κ2) is 11.5. The summed E-state index contributed by atoms with van der Waals surface area (Å²) in [5.41, 5.74) is -0.440. The molecule has 1 N–H and O–H groups in total. The lowest BCUT2D eigenvalue weighted by Crippen LogP contribution is -2.58. The van der Waals surface area contributed by atoms with E-state index in [4.69, 9.17) is 4.74 Å². The highest BCUT2D eigenvalue weighted by Crippen LogP contribution is 2.66. The van der Waals surface area contributed by atoms with Gasteiger partial charge in [-0.05, 0) is 65.7 Å². The summed E-state index contributed by atoms with van der Waals surface area (Å²) in [7, 11) is 0. The van der Waals surface area contributed by atoms with E-state index in [1.165, 1.54) is 0 Å². The number of aliphatic hydroxyl groups excluding tert-OH is 1. The van der Waals surface area contributed by atoms with Crippen LogP contribution in [0.3, 0.4) is 0 Å². The van der Waals surface area contributed by atoms with E-state index in [1.54, 1.807) is 27.6 Å². The standard InChI is InChI=1S/C27H42N2O5S/c1-6-8-9-12-18-34-25(33)20-19-13-14-27(35-19)21(20)23(31)28(16-10-11-17-30)22(27)24(32)29(15-7-2)26(3,4)5/h6-7,19-22,30H,1-2,8-18H2,3-5H3/t19-,20+,21-,22?,27?/m0/s1. The Balaban J connectivity index is 1.90. The lowest BCUT2D eigenvalue weighted by Gasteiger charge is -2.42. The lowest BCUT2D eigenvalue weighted by atomic mass is 9.71. The van der Waals surface area contributed by atoms with Crippen LogP contribution < -0.4 is 0 Å². The van der Waals surface area contributed by atoms with E-state index in [1.807, 2.05) is 26.8 Å². The maximum atomic E-state index is 14.1. The fraction of sp³-hybridized carbons (Fsp3) is 0.741. The van der Waals surface area contributed by atoms with Gasteiger partial charge in [-0.15, -0.1) is 24.9 Å². The van der Waals surface area contributed by atoms with Crippen LogP contribution >= 0.6 is 11.8 Å². The number of fused-ring (bicyclic) bond motifs is 1. The third-order valence-electron chi connectivity index (χ3n) is 7.55. The predicted molar refractivity (Wildman–Crippen MR) is 139 cm³/mol. The van der Waals surface area contributed by atoms with Crippen LogP contribution in [0.15, 0.2) is 25.3 Å². The molecule has 7 nitrogen and oxygen atoms in total. The molecule has 3 rings (SSSR count). The van der Waals surface area contributed by atoms with E-state index in [-0.39, 0.29) is 29.6 Å². The molecule has 3 aliphatic rings. The average molecular weight is 507 g/mol. The van der Waals surface area contributed by atoms with E-state index in [0.717, 1.165) is 32.1 Å². The molecule has 0 aliphatic carbocycles. The number of thioether (sulfide) groups is 1. The molecule has 3 aliphatic heterocycles. The van der Waals surface area contributed by atoms with Crippen LogP contribution in [0.2, 0.25) is 0 Å². The number of amides is 2. The van der Waals surface area contributed by atoms with E-state index < -0.39 is 28.2 Å². The summed E-state index contributed by atoms with van der Waals surface area (Å²) >= 11 is 1.66. The minimum atomic E-state index is -0.627. The molecule has 8 heteroatoms. The van der Waals surface area contributed by atoms with Crippen molar-refractivity contribution in [3.05, 3.63) is 25.3 Å². The van der Waals surface area contributed by atoms with Crippen molar-refractivity contribution >= 4 is 29.5 Å². The number of aliphatic hydroxyl groups is 1. The Morgan fingerprint density at radius 3 is 2.60 bits per heavy atom. The number of nitrogens with zero attached hydrogens (tertiary/aromatic N) is 2. The number of likely N-dealkylation sites (tertiary alicyclic amines) is 1. The molecule has 35 heavy (non-hydrogen) atoms. The van der Waals surface area contributed by atoms with Gasteiger partial charge in [0.2, 0.25) is 11.8 Å². The van der Waals surface area contributed by atoms with Crippen LogP contribution in [0, 0.1) is 11.8 Å². The van der Waals surface area contributed by atoms with Crippen molar-refractivity contribution in [3.63, 3.8) is 0 Å². The van der Waals surface area contributed by atoms with Crippen molar-refractivity contribution in [3.8, 4) is 0 Å². The predicted octanol–water partition coefficient (Wildman–Crippen LogP) is 3.56. The van der Waals surface area contributed by atoms with Crippen molar-refractivity contribution in [2.75, 3.05) is 26.3 Å². The number of unbranched alkanes of at least 4 members (excludes halogenated alkanes) is 3. The molecule has 2 bridgehead atoms. The van der Waals surface area contributed by atoms with Crippen molar-refractivity contribution < 1.29 is 24.2 Å². The van der Waals surface area contributed by atoms with Gasteiger partial charge in [-0.1, -0.05) is 12.2 Å². The summed E-state index contributed by atoms with van der Waals surface area (Å²) in [6.07, 6.45) is 8.84. The van der Waals surface area contributed by atoms with Crippen molar-refractivity contribution in [2.45, 2.75) is 87.3 Å². The fourth-order valence-electron chi connectivity index (χ4n) is 5.97. The monoisotopic (exact) mass is 506 g/mol. The smallest absolute Gasteiger partial charge is 0.310 e.